The maximum absolute atomic E-state index is 5.75. The fraction of sp³-hybridized carbons (Fsp3) is 0.308. The van der Waals surface area contributed by atoms with E-state index >= 15 is 0 Å². The topological polar surface area (TPSA) is 17.8 Å². The van der Waals surface area contributed by atoms with Gasteiger partial charge in [-0.3, -0.25) is 0 Å². The zero-order valence-corrected chi connectivity index (χ0v) is 10.3. The molecule has 0 unspecified atom stereocenters. The number of benzene rings is 1. The number of rotatable bonds is 3. The van der Waals surface area contributed by atoms with Crippen molar-refractivity contribution in [3.05, 3.63) is 47.8 Å². The van der Waals surface area contributed by atoms with Crippen LogP contribution in [0, 0.1) is 0 Å². The summed E-state index contributed by atoms with van der Waals surface area (Å²) in [4.78, 5) is 0. The monoisotopic (exact) mass is 234 g/mol. The zero-order chi connectivity index (χ0) is 11.5. The normalized spacial score (nSPS) is 11.0. The Labute approximate surface area is 101 Å². The predicted molar refractivity (Wildman–Crippen MR) is 67.2 cm³/mol. The van der Waals surface area contributed by atoms with Crippen molar-refractivity contribution >= 4 is 11.6 Å². The average Bonchev–Trinajstić information content (AvgIpc) is 2.78. The van der Waals surface area contributed by atoms with Crippen molar-refractivity contribution in [2.75, 3.05) is 0 Å². The van der Waals surface area contributed by atoms with Gasteiger partial charge in [0, 0.05) is 12.1 Å². The molecule has 0 atom stereocenters. The zero-order valence-electron chi connectivity index (χ0n) is 9.52. The van der Waals surface area contributed by atoms with E-state index in [4.69, 9.17) is 11.6 Å². The molecule has 1 aromatic heterocycles. The second-order valence-corrected chi connectivity index (χ2v) is 4.41. The summed E-state index contributed by atoms with van der Waals surface area (Å²) in [7, 11) is 0. The van der Waals surface area contributed by atoms with Gasteiger partial charge in [0.1, 0.15) is 0 Å². The molecule has 16 heavy (non-hydrogen) atoms. The van der Waals surface area contributed by atoms with Gasteiger partial charge in [-0.25, -0.2) is 4.68 Å². The van der Waals surface area contributed by atoms with Gasteiger partial charge in [-0.15, -0.1) is 11.6 Å². The van der Waals surface area contributed by atoms with Crippen molar-refractivity contribution in [2.45, 2.75) is 25.6 Å². The molecule has 2 aromatic rings. The highest BCUT2D eigenvalue weighted by atomic mass is 35.5. The highest BCUT2D eigenvalue weighted by Gasteiger charge is 2.04. The molecular weight excluding hydrogens is 220 g/mol. The lowest BCUT2D eigenvalue weighted by Gasteiger charge is -2.03. The van der Waals surface area contributed by atoms with Gasteiger partial charge in [-0.1, -0.05) is 26.0 Å². The third kappa shape index (κ3) is 2.27. The molecule has 2 nitrogen and oxygen atoms in total. The molecule has 0 saturated heterocycles. The molecule has 0 fully saturated rings. The number of hydrogen-bond donors (Lipinski definition) is 0. The third-order valence-electron chi connectivity index (χ3n) is 2.56. The lowest BCUT2D eigenvalue weighted by atomic mass is 10.1. The van der Waals surface area contributed by atoms with Crippen molar-refractivity contribution in [3.8, 4) is 5.69 Å². The van der Waals surface area contributed by atoms with Gasteiger partial charge < -0.3 is 0 Å². The van der Waals surface area contributed by atoms with Crippen LogP contribution in [-0.4, -0.2) is 9.78 Å². The second-order valence-electron chi connectivity index (χ2n) is 4.14. The summed E-state index contributed by atoms with van der Waals surface area (Å²) in [6, 6.07) is 10.2. The van der Waals surface area contributed by atoms with E-state index in [0.29, 0.717) is 11.8 Å². The SMILES string of the molecule is CC(C)c1ccn(-c2ccc(CCl)cc2)n1. The molecule has 3 heteroatoms. The lowest BCUT2D eigenvalue weighted by Crippen LogP contribution is -1.97. The number of hydrogen-bond acceptors (Lipinski definition) is 1. The number of alkyl halides is 1. The Bertz CT molecular complexity index is 457. The third-order valence-corrected chi connectivity index (χ3v) is 2.87. The largest absolute Gasteiger partial charge is 0.241 e. The molecule has 0 saturated carbocycles. The van der Waals surface area contributed by atoms with Crippen molar-refractivity contribution in [3.63, 3.8) is 0 Å². The van der Waals surface area contributed by atoms with Crippen LogP contribution in [0.4, 0.5) is 0 Å². The number of halogens is 1. The summed E-state index contributed by atoms with van der Waals surface area (Å²) in [5.74, 6) is 1.01. The van der Waals surface area contributed by atoms with Crippen LogP contribution in [0.25, 0.3) is 5.69 Å². The van der Waals surface area contributed by atoms with E-state index < -0.39 is 0 Å². The first-order chi connectivity index (χ1) is 7.70. The maximum Gasteiger partial charge on any atom is 0.0654 e. The molecule has 1 aromatic carbocycles. The Balaban J connectivity index is 2.28. The van der Waals surface area contributed by atoms with Crippen LogP contribution < -0.4 is 0 Å². The van der Waals surface area contributed by atoms with Crippen LogP contribution in [0.3, 0.4) is 0 Å². The van der Waals surface area contributed by atoms with Gasteiger partial charge in [0.15, 0.2) is 0 Å². The van der Waals surface area contributed by atoms with Crippen LogP contribution in [0.2, 0.25) is 0 Å². The predicted octanol–water partition coefficient (Wildman–Crippen LogP) is 3.73. The van der Waals surface area contributed by atoms with Gasteiger partial charge in [0.25, 0.3) is 0 Å². The molecule has 0 spiro atoms. The summed E-state index contributed by atoms with van der Waals surface area (Å²) >= 11 is 5.75. The highest BCUT2D eigenvalue weighted by Crippen LogP contribution is 2.15. The molecule has 0 aliphatic carbocycles. The van der Waals surface area contributed by atoms with Crippen LogP contribution in [0.15, 0.2) is 36.5 Å². The number of nitrogens with zero attached hydrogens (tertiary/aromatic N) is 2. The quantitative estimate of drug-likeness (QED) is 0.740. The Morgan fingerprint density at radius 1 is 1.19 bits per heavy atom. The number of aromatic nitrogens is 2. The summed E-state index contributed by atoms with van der Waals surface area (Å²) in [5.41, 5.74) is 3.31. The fourth-order valence-electron chi connectivity index (χ4n) is 1.53. The minimum absolute atomic E-state index is 0.461. The van der Waals surface area contributed by atoms with Crippen molar-refractivity contribution in [2.24, 2.45) is 0 Å². The summed E-state index contributed by atoms with van der Waals surface area (Å²) in [5, 5.41) is 4.52. The first kappa shape index (κ1) is 11.2. The van der Waals surface area contributed by atoms with Crippen molar-refractivity contribution < 1.29 is 0 Å². The van der Waals surface area contributed by atoms with Crippen molar-refractivity contribution in [1.29, 1.82) is 0 Å². The van der Waals surface area contributed by atoms with Gasteiger partial charge >= 0.3 is 0 Å². The minimum Gasteiger partial charge on any atom is -0.241 e. The summed E-state index contributed by atoms with van der Waals surface area (Å²) < 4.78 is 1.90. The molecule has 0 bridgehead atoms. The second kappa shape index (κ2) is 4.71. The molecule has 0 amide bonds. The van der Waals surface area contributed by atoms with E-state index in [1.165, 1.54) is 0 Å². The molecule has 1 heterocycles. The van der Waals surface area contributed by atoms with Crippen LogP contribution >= 0.6 is 11.6 Å². The molecule has 2 rings (SSSR count). The van der Waals surface area contributed by atoms with Gasteiger partial charge in [0.05, 0.1) is 11.4 Å². The summed E-state index contributed by atoms with van der Waals surface area (Å²) in [6.45, 7) is 4.28. The molecule has 0 aliphatic heterocycles. The summed E-state index contributed by atoms with van der Waals surface area (Å²) in [6.07, 6.45) is 1.99. The maximum atomic E-state index is 5.75. The molecule has 0 radical (unpaired) electrons. The average molecular weight is 235 g/mol. The molecule has 0 aliphatic rings. The standard InChI is InChI=1S/C13H15ClN2/c1-10(2)13-7-8-16(15-13)12-5-3-11(9-14)4-6-12/h3-8,10H,9H2,1-2H3. The Morgan fingerprint density at radius 3 is 2.38 bits per heavy atom. The van der Waals surface area contributed by atoms with Gasteiger partial charge in [-0.2, -0.15) is 5.10 Å². The Morgan fingerprint density at radius 2 is 1.88 bits per heavy atom. The molecule has 84 valence electrons. The Kier molecular flexibility index (Phi) is 3.30. The van der Waals surface area contributed by atoms with Crippen molar-refractivity contribution in [1.82, 2.24) is 9.78 Å². The fourth-order valence-corrected chi connectivity index (χ4v) is 1.71. The first-order valence-corrected chi connectivity index (χ1v) is 5.95. The molecular formula is C13H15ClN2. The van der Waals surface area contributed by atoms with Gasteiger partial charge in [-0.05, 0) is 29.7 Å². The smallest absolute Gasteiger partial charge is 0.0654 e. The van der Waals surface area contributed by atoms with E-state index in [0.717, 1.165) is 16.9 Å². The van der Waals surface area contributed by atoms with E-state index in [-0.39, 0.29) is 0 Å². The lowest BCUT2D eigenvalue weighted by molar-refractivity contribution is 0.768. The Hall–Kier alpha value is -1.28. The van der Waals surface area contributed by atoms with Crippen LogP contribution in [-0.2, 0) is 5.88 Å². The van der Waals surface area contributed by atoms with E-state index in [2.05, 4.69) is 25.0 Å². The minimum atomic E-state index is 0.461. The van der Waals surface area contributed by atoms with Gasteiger partial charge in [0.2, 0.25) is 0 Å². The van der Waals surface area contributed by atoms with Crippen LogP contribution in [0.1, 0.15) is 31.0 Å². The molecule has 0 N–H and O–H groups in total. The van der Waals surface area contributed by atoms with E-state index in [9.17, 15) is 0 Å². The highest BCUT2D eigenvalue weighted by molar-refractivity contribution is 6.17. The van der Waals surface area contributed by atoms with Crippen LogP contribution in [0.5, 0.6) is 0 Å². The van der Waals surface area contributed by atoms with E-state index in [1.807, 2.05) is 35.1 Å². The first-order valence-electron chi connectivity index (χ1n) is 5.41. The van der Waals surface area contributed by atoms with E-state index in [1.54, 1.807) is 0 Å².